The molecular weight excluding hydrogens is 320 g/mol. The summed E-state index contributed by atoms with van der Waals surface area (Å²) >= 11 is 0. The number of aliphatic carboxylic acids is 1. The first-order valence-electron chi connectivity index (χ1n) is 7.59. The van der Waals surface area contributed by atoms with Gasteiger partial charge in [-0.1, -0.05) is 12.1 Å². The summed E-state index contributed by atoms with van der Waals surface area (Å²) in [6.45, 7) is 0.225. The van der Waals surface area contributed by atoms with Crippen molar-refractivity contribution in [3.05, 3.63) is 53.1 Å². The molecule has 130 valence electrons. The Morgan fingerprint density at radius 3 is 2.72 bits per heavy atom. The molecule has 0 fully saturated rings. The van der Waals surface area contributed by atoms with Crippen molar-refractivity contribution in [3.8, 4) is 0 Å². The van der Waals surface area contributed by atoms with E-state index in [1.54, 1.807) is 48.3 Å². The number of rotatable bonds is 8. The van der Waals surface area contributed by atoms with E-state index in [1.165, 1.54) is 6.21 Å². The molecular formula is C18H20N4O3. The van der Waals surface area contributed by atoms with Crippen LogP contribution in [0.4, 0.5) is 17.1 Å². The van der Waals surface area contributed by atoms with E-state index in [9.17, 15) is 9.59 Å². The molecule has 2 aromatic rings. The van der Waals surface area contributed by atoms with Gasteiger partial charge in [0, 0.05) is 40.9 Å². The van der Waals surface area contributed by atoms with Gasteiger partial charge in [-0.15, -0.1) is 0 Å². The molecule has 0 saturated heterocycles. The fraction of sp³-hybridized carbons (Fsp3) is 0.167. The first-order valence-corrected chi connectivity index (χ1v) is 7.59. The maximum Gasteiger partial charge on any atom is 0.317 e. The zero-order valence-electron chi connectivity index (χ0n) is 13.8. The molecule has 0 atom stereocenters. The van der Waals surface area contributed by atoms with E-state index in [0.29, 0.717) is 34.7 Å². The number of likely N-dealkylation sites (N-methyl/N-ethyl adjacent to an activating group) is 1. The van der Waals surface area contributed by atoms with Crippen LogP contribution in [0.1, 0.15) is 21.5 Å². The Labute approximate surface area is 145 Å². The summed E-state index contributed by atoms with van der Waals surface area (Å²) in [4.78, 5) is 24.0. The van der Waals surface area contributed by atoms with Gasteiger partial charge in [-0.05, 0) is 36.9 Å². The maximum atomic E-state index is 11.6. The molecule has 0 radical (unpaired) electrons. The van der Waals surface area contributed by atoms with Crippen molar-refractivity contribution < 1.29 is 14.7 Å². The highest BCUT2D eigenvalue weighted by atomic mass is 16.4. The van der Waals surface area contributed by atoms with Gasteiger partial charge in [0.1, 0.15) is 0 Å². The van der Waals surface area contributed by atoms with E-state index < -0.39 is 5.97 Å². The number of anilines is 3. The zero-order valence-corrected chi connectivity index (χ0v) is 13.8. The SMILES string of the molecule is CN(CC(=O)O)Cc1cccc(Nc2ccc(C=N)c(N)c2)c1C=O. The second kappa shape index (κ2) is 8.07. The molecule has 0 aliphatic rings. The maximum absolute atomic E-state index is 11.6. The number of benzene rings is 2. The van der Waals surface area contributed by atoms with Crippen LogP contribution in [-0.2, 0) is 11.3 Å². The van der Waals surface area contributed by atoms with Gasteiger partial charge in [-0.25, -0.2) is 0 Å². The quantitative estimate of drug-likeness (QED) is 0.333. The van der Waals surface area contributed by atoms with Gasteiger partial charge in [-0.2, -0.15) is 0 Å². The normalized spacial score (nSPS) is 10.5. The Bertz CT molecular complexity index is 805. The number of carboxylic acids is 1. The summed E-state index contributed by atoms with van der Waals surface area (Å²) in [6, 6.07) is 10.5. The minimum atomic E-state index is -0.925. The van der Waals surface area contributed by atoms with Crippen LogP contribution in [0.25, 0.3) is 0 Å². The summed E-state index contributed by atoms with van der Waals surface area (Å²) < 4.78 is 0. The third kappa shape index (κ3) is 4.65. The van der Waals surface area contributed by atoms with E-state index in [-0.39, 0.29) is 6.54 Å². The number of nitrogens with two attached hydrogens (primary N) is 1. The Morgan fingerprint density at radius 2 is 2.12 bits per heavy atom. The molecule has 0 aliphatic heterocycles. The lowest BCUT2D eigenvalue weighted by Crippen LogP contribution is -2.25. The molecule has 0 spiro atoms. The highest BCUT2D eigenvalue weighted by Gasteiger charge is 2.12. The lowest BCUT2D eigenvalue weighted by Gasteiger charge is -2.18. The summed E-state index contributed by atoms with van der Waals surface area (Å²) in [6.07, 6.45) is 1.93. The fourth-order valence-electron chi connectivity index (χ4n) is 2.52. The van der Waals surface area contributed by atoms with Crippen LogP contribution >= 0.6 is 0 Å². The first kappa shape index (κ1) is 18.2. The van der Waals surface area contributed by atoms with Gasteiger partial charge in [0.05, 0.1) is 6.54 Å². The van der Waals surface area contributed by atoms with Crippen LogP contribution in [0, 0.1) is 5.41 Å². The van der Waals surface area contributed by atoms with Crippen LogP contribution in [0.15, 0.2) is 36.4 Å². The van der Waals surface area contributed by atoms with Gasteiger partial charge >= 0.3 is 5.97 Å². The van der Waals surface area contributed by atoms with Crippen LogP contribution in [0.2, 0.25) is 0 Å². The molecule has 2 rings (SSSR count). The van der Waals surface area contributed by atoms with Crippen LogP contribution < -0.4 is 11.1 Å². The summed E-state index contributed by atoms with van der Waals surface area (Å²) in [7, 11) is 1.68. The standard InChI is InChI=1S/C18H20N4O3/c1-22(10-18(24)25)9-13-3-2-4-17(15(13)11-23)21-14-6-5-12(8-19)16(20)7-14/h2-8,11,19,21H,9-10,20H2,1H3,(H,24,25). The summed E-state index contributed by atoms with van der Waals surface area (Å²) in [5, 5.41) is 19.3. The lowest BCUT2D eigenvalue weighted by molar-refractivity contribution is -0.138. The summed E-state index contributed by atoms with van der Waals surface area (Å²) in [5.41, 5.74) is 9.46. The molecule has 0 bridgehead atoms. The van der Waals surface area contributed by atoms with Crippen LogP contribution in [-0.4, -0.2) is 42.1 Å². The van der Waals surface area contributed by atoms with Crippen molar-refractivity contribution in [3.63, 3.8) is 0 Å². The lowest BCUT2D eigenvalue weighted by atomic mass is 10.1. The Balaban J connectivity index is 2.28. The van der Waals surface area contributed by atoms with Gasteiger partial charge in [-0.3, -0.25) is 14.5 Å². The van der Waals surface area contributed by atoms with Gasteiger partial charge in [0.15, 0.2) is 6.29 Å². The second-order valence-corrected chi connectivity index (χ2v) is 5.68. The largest absolute Gasteiger partial charge is 0.480 e. The Hall–Kier alpha value is -3.19. The van der Waals surface area contributed by atoms with E-state index in [0.717, 1.165) is 11.8 Å². The number of hydrogen-bond donors (Lipinski definition) is 4. The van der Waals surface area contributed by atoms with Crippen molar-refractivity contribution in [2.24, 2.45) is 0 Å². The second-order valence-electron chi connectivity index (χ2n) is 5.68. The number of carboxylic acid groups (broad SMARTS) is 1. The highest BCUT2D eigenvalue weighted by Crippen LogP contribution is 2.25. The predicted octanol–water partition coefficient (Wildman–Crippen LogP) is 2.34. The van der Waals surface area contributed by atoms with Crippen LogP contribution in [0.5, 0.6) is 0 Å². The number of aldehydes is 1. The van der Waals surface area contributed by atoms with E-state index in [2.05, 4.69) is 5.32 Å². The number of nitrogen functional groups attached to an aromatic ring is 1. The van der Waals surface area contributed by atoms with Crippen molar-refractivity contribution >= 4 is 35.5 Å². The van der Waals surface area contributed by atoms with Crippen molar-refractivity contribution in [1.82, 2.24) is 4.90 Å². The molecule has 0 unspecified atom stereocenters. The van der Waals surface area contributed by atoms with E-state index >= 15 is 0 Å². The van der Waals surface area contributed by atoms with Gasteiger partial charge in [0.2, 0.25) is 0 Å². The summed E-state index contributed by atoms with van der Waals surface area (Å²) in [5.74, 6) is -0.925. The molecule has 0 aliphatic carbocycles. The van der Waals surface area contributed by atoms with E-state index in [4.69, 9.17) is 16.2 Å². The number of carbonyl (C=O) groups is 2. The zero-order chi connectivity index (χ0) is 18.4. The minimum Gasteiger partial charge on any atom is -0.480 e. The molecule has 25 heavy (non-hydrogen) atoms. The molecule has 7 nitrogen and oxygen atoms in total. The first-order chi connectivity index (χ1) is 11.9. The van der Waals surface area contributed by atoms with Gasteiger partial charge < -0.3 is 21.6 Å². The Kier molecular flexibility index (Phi) is 5.86. The molecule has 5 N–H and O–H groups in total. The fourth-order valence-corrected chi connectivity index (χ4v) is 2.52. The predicted molar refractivity (Wildman–Crippen MR) is 97.8 cm³/mol. The monoisotopic (exact) mass is 340 g/mol. The average Bonchev–Trinajstić information content (AvgIpc) is 2.54. The van der Waals surface area contributed by atoms with Crippen molar-refractivity contribution in [2.75, 3.05) is 24.6 Å². The topological polar surface area (TPSA) is 120 Å². The smallest absolute Gasteiger partial charge is 0.317 e. The number of carbonyl (C=O) groups excluding carboxylic acids is 1. The molecule has 0 aromatic heterocycles. The minimum absolute atomic E-state index is 0.114. The molecule has 0 heterocycles. The molecule has 2 aromatic carbocycles. The highest BCUT2D eigenvalue weighted by molar-refractivity contribution is 5.90. The average molecular weight is 340 g/mol. The molecule has 0 amide bonds. The number of nitrogens with one attached hydrogen (secondary N) is 2. The van der Waals surface area contributed by atoms with Crippen LogP contribution in [0.3, 0.4) is 0 Å². The third-order valence-electron chi connectivity index (χ3n) is 3.68. The molecule has 0 saturated carbocycles. The number of nitrogens with zero attached hydrogens (tertiary/aromatic N) is 1. The molecule has 7 heteroatoms. The van der Waals surface area contributed by atoms with Crippen molar-refractivity contribution in [2.45, 2.75) is 6.54 Å². The van der Waals surface area contributed by atoms with E-state index in [1.807, 2.05) is 0 Å². The van der Waals surface area contributed by atoms with Crippen molar-refractivity contribution in [1.29, 1.82) is 5.41 Å². The third-order valence-corrected chi connectivity index (χ3v) is 3.68. The van der Waals surface area contributed by atoms with Gasteiger partial charge in [0.25, 0.3) is 0 Å². The Morgan fingerprint density at radius 1 is 1.36 bits per heavy atom. The number of hydrogen-bond acceptors (Lipinski definition) is 6.